The Labute approximate surface area is 122 Å². The molecule has 0 spiro atoms. The molecule has 1 aliphatic heterocycles. The highest BCUT2D eigenvalue weighted by molar-refractivity contribution is 9.10. The van der Waals surface area contributed by atoms with Crippen LogP contribution in [0.3, 0.4) is 0 Å². The molecule has 18 heavy (non-hydrogen) atoms. The van der Waals surface area contributed by atoms with Crippen LogP contribution in [0.1, 0.15) is 50.4 Å². The van der Waals surface area contributed by atoms with Gasteiger partial charge in [0.15, 0.2) is 0 Å². The molecule has 3 nitrogen and oxygen atoms in total. The molecule has 1 aromatic heterocycles. The van der Waals surface area contributed by atoms with E-state index in [0.717, 1.165) is 21.8 Å². The fraction of sp³-hybridized carbons (Fsp3) is 0.692. The van der Waals surface area contributed by atoms with Gasteiger partial charge in [-0.3, -0.25) is 0 Å². The monoisotopic (exact) mass is 329 g/mol. The third kappa shape index (κ3) is 2.82. The molecule has 0 aliphatic carbocycles. The van der Waals surface area contributed by atoms with Gasteiger partial charge < -0.3 is 5.32 Å². The minimum atomic E-state index is 0.0192. The Bertz CT molecular complexity index is 437. The van der Waals surface area contributed by atoms with Gasteiger partial charge in [-0.15, -0.1) is 0 Å². The van der Waals surface area contributed by atoms with Crippen molar-refractivity contribution in [3.05, 3.63) is 16.0 Å². The number of anilines is 1. The van der Waals surface area contributed by atoms with Crippen molar-refractivity contribution in [3.63, 3.8) is 0 Å². The van der Waals surface area contributed by atoms with Crippen LogP contribution in [0.4, 0.5) is 5.82 Å². The molecule has 0 saturated carbocycles. The molecule has 0 bridgehead atoms. The third-order valence-corrected chi connectivity index (χ3v) is 5.16. The van der Waals surface area contributed by atoms with Crippen LogP contribution in [0.5, 0.6) is 0 Å². The summed E-state index contributed by atoms with van der Waals surface area (Å²) in [6, 6.07) is 0. The number of halogens is 1. The van der Waals surface area contributed by atoms with Crippen molar-refractivity contribution < 1.29 is 0 Å². The Morgan fingerprint density at radius 2 is 2.06 bits per heavy atom. The number of hydrogen-bond donors (Lipinski definition) is 1. The predicted molar refractivity (Wildman–Crippen MR) is 82.4 cm³/mol. The maximum atomic E-state index is 4.82. The average Bonchev–Trinajstić information content (AvgIpc) is 2.81. The number of hydrogen-bond acceptors (Lipinski definition) is 4. The van der Waals surface area contributed by atoms with Gasteiger partial charge in [0.25, 0.3) is 0 Å². The van der Waals surface area contributed by atoms with Gasteiger partial charge in [0.1, 0.15) is 11.6 Å². The second kappa shape index (κ2) is 5.37. The standard InChI is InChI=1S/C13H20BrN3S/c1-13(2,3)10-9(14)12(15-4)17-11(16-10)8-6-5-7-18-8/h8H,5-7H2,1-4H3,(H,15,16,17). The van der Waals surface area contributed by atoms with Crippen molar-refractivity contribution in [2.45, 2.75) is 44.3 Å². The van der Waals surface area contributed by atoms with Crippen LogP contribution in [0, 0.1) is 0 Å². The molecular weight excluding hydrogens is 310 g/mol. The summed E-state index contributed by atoms with van der Waals surface area (Å²) in [7, 11) is 1.91. The Hall–Kier alpha value is -0.290. The SMILES string of the molecule is CNc1nc(C2CCCS2)nc(C(C)(C)C)c1Br. The lowest BCUT2D eigenvalue weighted by Gasteiger charge is -2.22. The molecule has 1 N–H and O–H groups in total. The zero-order valence-electron chi connectivity index (χ0n) is 11.4. The van der Waals surface area contributed by atoms with Gasteiger partial charge in [-0.2, -0.15) is 11.8 Å². The van der Waals surface area contributed by atoms with Gasteiger partial charge in [-0.1, -0.05) is 20.8 Å². The first-order valence-corrected chi connectivity index (χ1v) is 8.15. The van der Waals surface area contributed by atoms with Crippen LogP contribution in [-0.2, 0) is 5.41 Å². The molecule has 1 unspecified atom stereocenters. The number of rotatable bonds is 2. The quantitative estimate of drug-likeness (QED) is 0.884. The molecule has 100 valence electrons. The van der Waals surface area contributed by atoms with Crippen molar-refractivity contribution >= 4 is 33.5 Å². The van der Waals surface area contributed by atoms with E-state index in [9.17, 15) is 0 Å². The molecule has 2 heterocycles. The van der Waals surface area contributed by atoms with E-state index >= 15 is 0 Å². The molecule has 2 rings (SSSR count). The van der Waals surface area contributed by atoms with E-state index in [2.05, 4.69) is 47.0 Å². The van der Waals surface area contributed by atoms with Gasteiger partial charge in [0.05, 0.1) is 15.4 Å². The van der Waals surface area contributed by atoms with Crippen LogP contribution in [-0.4, -0.2) is 22.8 Å². The highest BCUT2D eigenvalue weighted by Gasteiger charge is 2.27. The first-order chi connectivity index (χ1) is 8.43. The van der Waals surface area contributed by atoms with Crippen LogP contribution in [0.15, 0.2) is 4.47 Å². The molecular formula is C13H20BrN3S. The number of nitrogens with one attached hydrogen (secondary N) is 1. The van der Waals surface area contributed by atoms with Gasteiger partial charge in [-0.05, 0) is 34.5 Å². The zero-order chi connectivity index (χ0) is 13.3. The molecule has 1 fully saturated rings. The first-order valence-electron chi connectivity index (χ1n) is 6.30. The molecule has 1 aromatic rings. The van der Waals surface area contributed by atoms with Crippen molar-refractivity contribution in [2.75, 3.05) is 18.1 Å². The highest BCUT2D eigenvalue weighted by Crippen LogP contribution is 2.41. The number of aromatic nitrogens is 2. The van der Waals surface area contributed by atoms with Crippen LogP contribution in [0.2, 0.25) is 0 Å². The van der Waals surface area contributed by atoms with Crippen molar-refractivity contribution in [3.8, 4) is 0 Å². The molecule has 0 radical (unpaired) electrons. The van der Waals surface area contributed by atoms with Crippen molar-refractivity contribution in [1.82, 2.24) is 9.97 Å². The van der Waals surface area contributed by atoms with Gasteiger partial charge in [0, 0.05) is 12.5 Å². The normalized spacial score (nSPS) is 20.2. The molecule has 1 aliphatic rings. The van der Waals surface area contributed by atoms with E-state index in [1.54, 1.807) is 0 Å². The highest BCUT2D eigenvalue weighted by atomic mass is 79.9. The molecule has 5 heteroatoms. The summed E-state index contributed by atoms with van der Waals surface area (Å²) in [4.78, 5) is 9.47. The smallest absolute Gasteiger partial charge is 0.144 e. The predicted octanol–water partition coefficient (Wildman–Crippen LogP) is 4.15. The van der Waals surface area contributed by atoms with Crippen LogP contribution in [0.25, 0.3) is 0 Å². The maximum absolute atomic E-state index is 4.82. The van der Waals surface area contributed by atoms with E-state index in [1.165, 1.54) is 18.6 Å². The summed E-state index contributed by atoms with van der Waals surface area (Å²) in [5.41, 5.74) is 1.11. The van der Waals surface area contributed by atoms with Gasteiger partial charge in [-0.25, -0.2) is 9.97 Å². The Morgan fingerprint density at radius 1 is 1.33 bits per heavy atom. The summed E-state index contributed by atoms with van der Waals surface area (Å²) >= 11 is 5.60. The molecule has 0 amide bonds. The van der Waals surface area contributed by atoms with Gasteiger partial charge >= 0.3 is 0 Å². The fourth-order valence-corrected chi connectivity index (χ4v) is 4.23. The minimum absolute atomic E-state index is 0.0192. The molecule has 1 saturated heterocycles. The summed E-state index contributed by atoms with van der Waals surface area (Å²) in [5.74, 6) is 3.11. The Kier molecular flexibility index (Phi) is 4.22. The number of thioether (sulfide) groups is 1. The summed E-state index contributed by atoms with van der Waals surface area (Å²) in [5, 5.41) is 3.63. The summed E-state index contributed by atoms with van der Waals surface area (Å²) < 4.78 is 0.990. The van der Waals surface area contributed by atoms with Crippen LogP contribution >= 0.6 is 27.7 Å². The third-order valence-electron chi connectivity index (χ3n) is 3.03. The average molecular weight is 330 g/mol. The van der Waals surface area contributed by atoms with Gasteiger partial charge in [0.2, 0.25) is 0 Å². The zero-order valence-corrected chi connectivity index (χ0v) is 13.8. The Balaban J connectivity index is 2.48. The van der Waals surface area contributed by atoms with Crippen molar-refractivity contribution in [1.29, 1.82) is 0 Å². The van der Waals surface area contributed by atoms with E-state index < -0.39 is 0 Å². The maximum Gasteiger partial charge on any atom is 0.144 e. The number of nitrogens with zero attached hydrogens (tertiary/aromatic N) is 2. The molecule has 1 atom stereocenters. The first kappa shape index (κ1) is 14.1. The second-order valence-corrected chi connectivity index (χ2v) is 7.70. The van der Waals surface area contributed by atoms with E-state index in [-0.39, 0.29) is 5.41 Å². The largest absolute Gasteiger partial charge is 0.372 e. The fourth-order valence-electron chi connectivity index (χ4n) is 2.05. The van der Waals surface area contributed by atoms with E-state index in [1.807, 2.05) is 18.8 Å². The van der Waals surface area contributed by atoms with E-state index in [0.29, 0.717) is 5.25 Å². The minimum Gasteiger partial charge on any atom is -0.372 e. The van der Waals surface area contributed by atoms with E-state index in [4.69, 9.17) is 4.98 Å². The lowest BCUT2D eigenvalue weighted by molar-refractivity contribution is 0.557. The second-order valence-electron chi connectivity index (χ2n) is 5.59. The topological polar surface area (TPSA) is 37.8 Å². The Morgan fingerprint density at radius 3 is 2.56 bits per heavy atom. The van der Waals surface area contributed by atoms with Crippen molar-refractivity contribution in [2.24, 2.45) is 0 Å². The van der Waals surface area contributed by atoms with Crippen LogP contribution < -0.4 is 5.32 Å². The molecule has 0 aromatic carbocycles. The summed E-state index contributed by atoms with van der Waals surface area (Å²) in [6.07, 6.45) is 2.47. The lowest BCUT2D eigenvalue weighted by Crippen LogP contribution is -2.18. The summed E-state index contributed by atoms with van der Waals surface area (Å²) in [6.45, 7) is 6.56. The lowest BCUT2D eigenvalue weighted by atomic mass is 9.91.